The zero-order chi connectivity index (χ0) is 12.8. The normalized spacial score (nSPS) is 14.3. The summed E-state index contributed by atoms with van der Waals surface area (Å²) in [6.45, 7) is 1.92. The Labute approximate surface area is 106 Å². The Kier molecular flexibility index (Phi) is 5.51. The highest BCUT2D eigenvalue weighted by Gasteiger charge is 2.26. The first-order valence-electron chi connectivity index (χ1n) is 5.65. The third kappa shape index (κ3) is 3.75. The lowest BCUT2D eigenvalue weighted by Crippen LogP contribution is -2.21. The number of thioether (sulfide) groups is 1. The minimum atomic E-state index is -0.937. The SMILES string of the molecule is CCCC(C(=O)O)C(O)c1ccc(SC)cc1. The fourth-order valence-corrected chi connectivity index (χ4v) is 2.17. The zero-order valence-corrected chi connectivity index (χ0v) is 10.9. The maximum atomic E-state index is 11.1. The van der Waals surface area contributed by atoms with Gasteiger partial charge in [0.25, 0.3) is 0 Å². The van der Waals surface area contributed by atoms with Crippen LogP contribution in [-0.2, 0) is 4.79 Å². The van der Waals surface area contributed by atoms with Crippen LogP contribution in [0.25, 0.3) is 0 Å². The molecule has 1 aromatic carbocycles. The number of hydrogen-bond acceptors (Lipinski definition) is 3. The summed E-state index contributed by atoms with van der Waals surface area (Å²) >= 11 is 1.62. The van der Waals surface area contributed by atoms with Crippen LogP contribution in [0.3, 0.4) is 0 Å². The first-order valence-corrected chi connectivity index (χ1v) is 6.87. The predicted octanol–water partition coefficient (Wildman–Crippen LogP) is 2.94. The van der Waals surface area contributed by atoms with Crippen molar-refractivity contribution < 1.29 is 15.0 Å². The van der Waals surface area contributed by atoms with Crippen molar-refractivity contribution in [3.8, 4) is 0 Å². The maximum absolute atomic E-state index is 11.1. The fraction of sp³-hybridized carbons (Fsp3) is 0.462. The highest BCUT2D eigenvalue weighted by atomic mass is 32.2. The average Bonchev–Trinajstić information content (AvgIpc) is 2.35. The molecule has 3 nitrogen and oxygen atoms in total. The van der Waals surface area contributed by atoms with Gasteiger partial charge in [0.05, 0.1) is 12.0 Å². The summed E-state index contributed by atoms with van der Waals surface area (Å²) in [7, 11) is 0. The van der Waals surface area contributed by atoms with Crippen LogP contribution in [0.4, 0.5) is 0 Å². The van der Waals surface area contributed by atoms with E-state index < -0.39 is 18.0 Å². The molecule has 0 aliphatic carbocycles. The Balaban J connectivity index is 2.84. The van der Waals surface area contributed by atoms with E-state index >= 15 is 0 Å². The van der Waals surface area contributed by atoms with Crippen molar-refractivity contribution in [3.05, 3.63) is 29.8 Å². The van der Waals surface area contributed by atoms with Gasteiger partial charge in [-0.2, -0.15) is 0 Å². The van der Waals surface area contributed by atoms with E-state index in [4.69, 9.17) is 5.11 Å². The molecule has 0 heterocycles. The Morgan fingerprint density at radius 2 is 1.94 bits per heavy atom. The molecule has 1 aromatic rings. The van der Waals surface area contributed by atoms with Gasteiger partial charge in [-0.25, -0.2) is 0 Å². The van der Waals surface area contributed by atoms with Gasteiger partial charge in [-0.05, 0) is 30.4 Å². The van der Waals surface area contributed by atoms with Crippen molar-refractivity contribution in [2.24, 2.45) is 5.92 Å². The molecular formula is C13H18O3S. The molecule has 0 aliphatic heterocycles. The topological polar surface area (TPSA) is 57.5 Å². The number of carbonyl (C=O) groups is 1. The quantitative estimate of drug-likeness (QED) is 0.766. The number of benzene rings is 1. The highest BCUT2D eigenvalue weighted by molar-refractivity contribution is 7.98. The molecular weight excluding hydrogens is 236 g/mol. The van der Waals surface area contributed by atoms with Gasteiger partial charge in [-0.3, -0.25) is 4.79 Å². The Hall–Kier alpha value is -1.00. The van der Waals surface area contributed by atoms with Gasteiger partial charge in [-0.15, -0.1) is 11.8 Å². The second-order valence-corrected chi connectivity index (χ2v) is 4.83. The number of aliphatic carboxylic acids is 1. The molecule has 0 radical (unpaired) electrons. The second-order valence-electron chi connectivity index (χ2n) is 3.95. The zero-order valence-electron chi connectivity index (χ0n) is 10.1. The van der Waals surface area contributed by atoms with E-state index in [1.54, 1.807) is 23.9 Å². The van der Waals surface area contributed by atoms with Gasteiger partial charge >= 0.3 is 5.97 Å². The van der Waals surface area contributed by atoms with Crippen LogP contribution in [-0.4, -0.2) is 22.4 Å². The standard InChI is InChI=1S/C13H18O3S/c1-3-4-11(13(15)16)12(14)9-5-7-10(17-2)8-6-9/h5-8,11-12,14H,3-4H2,1-2H3,(H,15,16). The van der Waals surface area contributed by atoms with Gasteiger partial charge in [0.1, 0.15) is 0 Å². The van der Waals surface area contributed by atoms with Crippen LogP contribution in [0.15, 0.2) is 29.2 Å². The molecule has 2 unspecified atom stereocenters. The summed E-state index contributed by atoms with van der Waals surface area (Å²) in [6, 6.07) is 7.38. The summed E-state index contributed by atoms with van der Waals surface area (Å²) in [5.41, 5.74) is 0.670. The summed E-state index contributed by atoms with van der Waals surface area (Å²) in [5.74, 6) is -1.66. The van der Waals surface area contributed by atoms with E-state index in [2.05, 4.69) is 0 Å². The van der Waals surface area contributed by atoms with Crippen LogP contribution >= 0.6 is 11.8 Å². The number of aliphatic hydroxyl groups is 1. The van der Waals surface area contributed by atoms with Crippen molar-refractivity contribution in [2.75, 3.05) is 6.26 Å². The van der Waals surface area contributed by atoms with E-state index in [-0.39, 0.29) is 0 Å². The van der Waals surface area contributed by atoms with Crippen LogP contribution in [0.2, 0.25) is 0 Å². The van der Waals surface area contributed by atoms with Crippen molar-refractivity contribution in [1.29, 1.82) is 0 Å². The number of hydrogen-bond donors (Lipinski definition) is 2. The Bertz CT molecular complexity index is 361. The molecule has 0 aliphatic rings. The molecule has 1 rings (SSSR count). The Morgan fingerprint density at radius 1 is 1.35 bits per heavy atom. The number of aliphatic hydroxyl groups excluding tert-OH is 1. The number of rotatable bonds is 6. The molecule has 0 bridgehead atoms. The third-order valence-electron chi connectivity index (χ3n) is 2.76. The number of carboxylic acids is 1. The number of carboxylic acid groups (broad SMARTS) is 1. The molecule has 2 N–H and O–H groups in total. The highest BCUT2D eigenvalue weighted by Crippen LogP contribution is 2.27. The predicted molar refractivity (Wildman–Crippen MR) is 69.2 cm³/mol. The van der Waals surface area contributed by atoms with Gasteiger partial charge in [0.15, 0.2) is 0 Å². The van der Waals surface area contributed by atoms with E-state index in [0.717, 1.165) is 11.3 Å². The van der Waals surface area contributed by atoms with E-state index in [9.17, 15) is 9.90 Å². The molecule has 0 aromatic heterocycles. The van der Waals surface area contributed by atoms with Crippen molar-refractivity contribution >= 4 is 17.7 Å². The van der Waals surface area contributed by atoms with E-state index in [0.29, 0.717) is 12.0 Å². The maximum Gasteiger partial charge on any atom is 0.309 e. The van der Waals surface area contributed by atoms with Gasteiger partial charge in [-0.1, -0.05) is 25.5 Å². The molecule has 0 amide bonds. The first-order chi connectivity index (χ1) is 8.10. The molecule has 4 heteroatoms. The van der Waals surface area contributed by atoms with Gasteiger partial charge in [0.2, 0.25) is 0 Å². The monoisotopic (exact) mass is 254 g/mol. The second kappa shape index (κ2) is 6.67. The van der Waals surface area contributed by atoms with E-state index in [1.807, 2.05) is 25.3 Å². The van der Waals surface area contributed by atoms with Gasteiger partial charge in [0, 0.05) is 4.90 Å². The minimum Gasteiger partial charge on any atom is -0.481 e. The molecule has 0 fully saturated rings. The van der Waals surface area contributed by atoms with Crippen molar-refractivity contribution in [2.45, 2.75) is 30.8 Å². The lowest BCUT2D eigenvalue weighted by atomic mass is 9.92. The molecule has 0 spiro atoms. The molecule has 94 valence electrons. The van der Waals surface area contributed by atoms with Crippen molar-refractivity contribution in [3.63, 3.8) is 0 Å². The fourth-order valence-electron chi connectivity index (χ4n) is 1.76. The molecule has 2 atom stereocenters. The van der Waals surface area contributed by atoms with Crippen LogP contribution in [0.1, 0.15) is 31.4 Å². The van der Waals surface area contributed by atoms with E-state index in [1.165, 1.54) is 0 Å². The molecule has 0 saturated heterocycles. The Morgan fingerprint density at radius 3 is 2.35 bits per heavy atom. The van der Waals surface area contributed by atoms with Crippen molar-refractivity contribution in [1.82, 2.24) is 0 Å². The third-order valence-corrected chi connectivity index (χ3v) is 3.50. The van der Waals surface area contributed by atoms with Crippen LogP contribution in [0, 0.1) is 5.92 Å². The lowest BCUT2D eigenvalue weighted by Gasteiger charge is -2.19. The van der Waals surface area contributed by atoms with Gasteiger partial charge < -0.3 is 10.2 Å². The molecule has 0 saturated carbocycles. The first kappa shape index (κ1) is 14.1. The summed E-state index contributed by atoms with van der Waals surface area (Å²) in [4.78, 5) is 12.2. The summed E-state index contributed by atoms with van der Waals surface area (Å²) in [6.07, 6.45) is 2.28. The summed E-state index contributed by atoms with van der Waals surface area (Å²) < 4.78 is 0. The average molecular weight is 254 g/mol. The minimum absolute atomic E-state index is 0.487. The smallest absolute Gasteiger partial charge is 0.309 e. The summed E-state index contributed by atoms with van der Waals surface area (Å²) in [5, 5.41) is 19.1. The largest absolute Gasteiger partial charge is 0.481 e. The van der Waals surface area contributed by atoms with Crippen LogP contribution < -0.4 is 0 Å². The lowest BCUT2D eigenvalue weighted by molar-refractivity contribution is -0.146. The molecule has 17 heavy (non-hydrogen) atoms. The van der Waals surface area contributed by atoms with Crippen LogP contribution in [0.5, 0.6) is 0 Å².